The van der Waals surface area contributed by atoms with Gasteiger partial charge in [-0.05, 0) is 54.3 Å². The van der Waals surface area contributed by atoms with Crippen molar-refractivity contribution in [2.24, 2.45) is 0 Å². The highest BCUT2D eigenvalue weighted by atomic mass is 19.4. The number of nitrogen functional groups attached to an aromatic ring is 1. The van der Waals surface area contributed by atoms with Crippen LogP contribution in [0.15, 0.2) is 54.6 Å². The third kappa shape index (κ3) is 3.25. The minimum Gasteiger partial charge on any atom is -0.507 e. The van der Waals surface area contributed by atoms with E-state index >= 15 is 0 Å². The van der Waals surface area contributed by atoms with Crippen molar-refractivity contribution in [2.45, 2.75) is 20.0 Å². The summed E-state index contributed by atoms with van der Waals surface area (Å²) in [5, 5.41) is 10.7. The van der Waals surface area contributed by atoms with E-state index in [9.17, 15) is 18.3 Å². The van der Waals surface area contributed by atoms with Crippen LogP contribution in [0.25, 0.3) is 22.3 Å². The zero-order valence-electron chi connectivity index (χ0n) is 14.4. The van der Waals surface area contributed by atoms with E-state index in [4.69, 9.17) is 5.73 Å². The summed E-state index contributed by atoms with van der Waals surface area (Å²) < 4.78 is 38.9. The van der Waals surface area contributed by atoms with Crippen molar-refractivity contribution in [1.29, 1.82) is 0 Å². The van der Waals surface area contributed by atoms with E-state index < -0.39 is 11.7 Å². The minimum absolute atomic E-state index is 0.0239. The maximum absolute atomic E-state index is 13.0. The monoisotopic (exact) mass is 357 g/mol. The SMILES string of the molecule is Cc1cc(-c2cccc(-c3ccc(C(F)(F)F)c(C)c3)c2O)ccc1N. The van der Waals surface area contributed by atoms with Crippen molar-refractivity contribution in [3.05, 3.63) is 71.3 Å². The van der Waals surface area contributed by atoms with Gasteiger partial charge in [-0.1, -0.05) is 36.4 Å². The third-order valence-corrected chi connectivity index (χ3v) is 4.46. The van der Waals surface area contributed by atoms with Gasteiger partial charge >= 0.3 is 6.18 Å². The molecule has 3 rings (SSSR count). The molecular formula is C21H18F3NO. The van der Waals surface area contributed by atoms with Crippen molar-refractivity contribution in [3.63, 3.8) is 0 Å². The van der Waals surface area contributed by atoms with E-state index in [1.165, 1.54) is 19.1 Å². The van der Waals surface area contributed by atoms with Crippen LogP contribution in [0, 0.1) is 13.8 Å². The molecule has 0 bridgehead atoms. The lowest BCUT2D eigenvalue weighted by Gasteiger charge is -2.14. The fourth-order valence-corrected chi connectivity index (χ4v) is 3.00. The number of hydrogen-bond acceptors (Lipinski definition) is 2. The van der Waals surface area contributed by atoms with Crippen LogP contribution in [0.1, 0.15) is 16.7 Å². The molecular weight excluding hydrogens is 339 g/mol. The second-order valence-corrected chi connectivity index (χ2v) is 6.30. The lowest BCUT2D eigenvalue weighted by molar-refractivity contribution is -0.138. The molecule has 134 valence electrons. The second kappa shape index (κ2) is 6.41. The van der Waals surface area contributed by atoms with Crippen LogP contribution in [0.2, 0.25) is 0 Å². The number of rotatable bonds is 2. The van der Waals surface area contributed by atoms with Gasteiger partial charge in [0.2, 0.25) is 0 Å². The van der Waals surface area contributed by atoms with Gasteiger partial charge in [0, 0.05) is 16.8 Å². The minimum atomic E-state index is -4.39. The molecule has 3 N–H and O–H groups in total. The number of para-hydroxylation sites is 1. The van der Waals surface area contributed by atoms with Crippen LogP contribution in [0.5, 0.6) is 5.75 Å². The molecule has 0 radical (unpaired) electrons. The molecule has 0 atom stereocenters. The summed E-state index contributed by atoms with van der Waals surface area (Å²) in [6.45, 7) is 3.29. The van der Waals surface area contributed by atoms with E-state index in [1.54, 1.807) is 30.3 Å². The van der Waals surface area contributed by atoms with E-state index in [0.29, 0.717) is 22.4 Å². The standard InChI is InChI=1S/C21H18F3NO/c1-12-10-14(6-8-18(12)21(22,23)24)16-4-3-5-17(20(16)26)15-7-9-19(25)13(2)11-15/h3-11,26H,25H2,1-2H3. The number of aryl methyl sites for hydroxylation is 2. The molecule has 0 aliphatic heterocycles. The largest absolute Gasteiger partial charge is 0.507 e. The van der Waals surface area contributed by atoms with Gasteiger partial charge in [0.25, 0.3) is 0 Å². The quantitative estimate of drug-likeness (QED) is 0.557. The lowest BCUT2D eigenvalue weighted by atomic mass is 9.94. The molecule has 0 fully saturated rings. The summed E-state index contributed by atoms with van der Waals surface area (Å²) in [6.07, 6.45) is -4.39. The van der Waals surface area contributed by atoms with Gasteiger partial charge in [-0.3, -0.25) is 0 Å². The van der Waals surface area contributed by atoms with Gasteiger partial charge in [-0.2, -0.15) is 13.2 Å². The maximum Gasteiger partial charge on any atom is 0.416 e. The van der Waals surface area contributed by atoms with Crippen LogP contribution < -0.4 is 5.73 Å². The molecule has 0 aliphatic rings. The van der Waals surface area contributed by atoms with Crippen molar-refractivity contribution < 1.29 is 18.3 Å². The molecule has 0 aromatic heterocycles. The van der Waals surface area contributed by atoms with E-state index in [-0.39, 0.29) is 11.3 Å². The molecule has 26 heavy (non-hydrogen) atoms. The molecule has 0 amide bonds. The number of hydrogen-bond donors (Lipinski definition) is 2. The smallest absolute Gasteiger partial charge is 0.416 e. The maximum atomic E-state index is 13.0. The number of aromatic hydroxyl groups is 1. The Bertz CT molecular complexity index is 977. The fourth-order valence-electron chi connectivity index (χ4n) is 3.00. The topological polar surface area (TPSA) is 46.2 Å². The predicted molar refractivity (Wildman–Crippen MR) is 97.9 cm³/mol. The Morgan fingerprint density at radius 1 is 0.808 bits per heavy atom. The summed E-state index contributed by atoms with van der Waals surface area (Å²) in [5.74, 6) is 0.0239. The van der Waals surface area contributed by atoms with Crippen molar-refractivity contribution in [2.75, 3.05) is 5.73 Å². The highest BCUT2D eigenvalue weighted by Gasteiger charge is 2.32. The number of phenolic OH excluding ortho intramolecular Hbond substituents is 1. The summed E-state index contributed by atoms with van der Waals surface area (Å²) >= 11 is 0. The molecule has 0 aliphatic carbocycles. The first kappa shape index (κ1) is 17.9. The molecule has 2 nitrogen and oxygen atoms in total. The number of anilines is 1. The normalized spacial score (nSPS) is 11.6. The first-order chi connectivity index (χ1) is 12.2. The molecule has 3 aromatic carbocycles. The van der Waals surface area contributed by atoms with Crippen LogP contribution in [-0.2, 0) is 6.18 Å². The molecule has 0 spiro atoms. The Hall–Kier alpha value is -2.95. The third-order valence-electron chi connectivity index (χ3n) is 4.46. The molecule has 0 heterocycles. The molecule has 0 saturated carbocycles. The van der Waals surface area contributed by atoms with Gasteiger partial charge < -0.3 is 10.8 Å². The lowest BCUT2D eigenvalue weighted by Crippen LogP contribution is -2.07. The van der Waals surface area contributed by atoms with Gasteiger partial charge in [-0.25, -0.2) is 0 Å². The average molecular weight is 357 g/mol. The molecule has 0 unspecified atom stereocenters. The predicted octanol–water partition coefficient (Wildman–Crippen LogP) is 5.94. The summed E-state index contributed by atoms with van der Waals surface area (Å²) in [5.41, 5.74) is 9.22. The highest BCUT2D eigenvalue weighted by Crippen LogP contribution is 2.40. The van der Waals surface area contributed by atoms with E-state index in [1.807, 2.05) is 13.0 Å². The van der Waals surface area contributed by atoms with Gasteiger partial charge in [0.15, 0.2) is 0 Å². The zero-order chi connectivity index (χ0) is 19.1. The Morgan fingerprint density at radius 2 is 1.35 bits per heavy atom. The first-order valence-electron chi connectivity index (χ1n) is 8.05. The van der Waals surface area contributed by atoms with Crippen LogP contribution >= 0.6 is 0 Å². The Balaban J connectivity index is 2.10. The Labute approximate surface area is 149 Å². The van der Waals surface area contributed by atoms with Crippen LogP contribution in [-0.4, -0.2) is 5.11 Å². The Kier molecular flexibility index (Phi) is 4.40. The number of benzene rings is 3. The van der Waals surface area contributed by atoms with Gasteiger partial charge in [0.1, 0.15) is 5.75 Å². The van der Waals surface area contributed by atoms with Gasteiger partial charge in [0.05, 0.1) is 5.56 Å². The van der Waals surface area contributed by atoms with E-state index in [0.717, 1.165) is 17.2 Å². The number of nitrogens with two attached hydrogens (primary N) is 1. The zero-order valence-corrected chi connectivity index (χ0v) is 14.4. The van der Waals surface area contributed by atoms with Crippen molar-refractivity contribution >= 4 is 5.69 Å². The fraction of sp³-hybridized carbons (Fsp3) is 0.143. The van der Waals surface area contributed by atoms with Crippen molar-refractivity contribution in [3.8, 4) is 28.0 Å². The molecule has 0 saturated heterocycles. The summed E-state index contributed by atoms with van der Waals surface area (Å²) in [7, 11) is 0. The molecule has 5 heteroatoms. The highest BCUT2D eigenvalue weighted by molar-refractivity contribution is 5.83. The first-order valence-corrected chi connectivity index (χ1v) is 8.05. The summed E-state index contributed by atoms with van der Waals surface area (Å²) in [4.78, 5) is 0. The number of phenols is 1. The second-order valence-electron chi connectivity index (χ2n) is 6.30. The summed E-state index contributed by atoms with van der Waals surface area (Å²) in [6, 6.07) is 14.5. The van der Waals surface area contributed by atoms with E-state index in [2.05, 4.69) is 0 Å². The van der Waals surface area contributed by atoms with Gasteiger partial charge in [-0.15, -0.1) is 0 Å². The van der Waals surface area contributed by atoms with Crippen molar-refractivity contribution in [1.82, 2.24) is 0 Å². The number of halogens is 3. The number of alkyl halides is 3. The average Bonchev–Trinajstić information content (AvgIpc) is 2.56. The Morgan fingerprint density at radius 3 is 1.85 bits per heavy atom. The molecule has 3 aromatic rings. The van der Waals surface area contributed by atoms with Crippen LogP contribution in [0.3, 0.4) is 0 Å². The van der Waals surface area contributed by atoms with Crippen LogP contribution in [0.4, 0.5) is 18.9 Å².